The number of pyridine rings is 1. The van der Waals surface area contributed by atoms with Crippen molar-refractivity contribution in [3.63, 3.8) is 0 Å². The van der Waals surface area contributed by atoms with Gasteiger partial charge in [-0.1, -0.05) is 11.6 Å². The lowest BCUT2D eigenvalue weighted by Crippen LogP contribution is -2.13. The van der Waals surface area contributed by atoms with Gasteiger partial charge in [-0.25, -0.2) is 0 Å². The molecule has 2 rings (SSSR count). The van der Waals surface area contributed by atoms with Crippen LogP contribution in [0.15, 0.2) is 42.6 Å². The zero-order valence-electron chi connectivity index (χ0n) is 9.22. The Kier molecular flexibility index (Phi) is 3.56. The molecule has 1 amide bonds. The molecule has 0 aliphatic rings. The monoisotopic (exact) mass is 257 g/mol. The maximum atomic E-state index is 11.8. The summed E-state index contributed by atoms with van der Waals surface area (Å²) in [6.07, 6.45) is 1.47. The van der Waals surface area contributed by atoms with E-state index in [1.165, 1.54) is 12.3 Å². The molecule has 5 heteroatoms. The lowest BCUT2D eigenvalue weighted by atomic mass is 10.2. The summed E-state index contributed by atoms with van der Waals surface area (Å²) in [7, 11) is 0. The topological polar surface area (TPSA) is 65.8 Å². The molecule has 0 radical (unpaired) electrons. The predicted molar refractivity (Wildman–Crippen MR) is 68.4 cm³/mol. The SMILES string of the molecule is N#Cc1ccc(NC(=O)c2cc(Cl)ccn2)cc1. The minimum atomic E-state index is -0.345. The van der Waals surface area contributed by atoms with Crippen molar-refractivity contribution in [2.45, 2.75) is 0 Å². The third kappa shape index (κ3) is 2.84. The minimum Gasteiger partial charge on any atom is -0.321 e. The van der Waals surface area contributed by atoms with Crippen LogP contribution in [0.2, 0.25) is 5.02 Å². The number of hydrogen-bond donors (Lipinski definition) is 1. The van der Waals surface area contributed by atoms with Crippen LogP contribution in [0.3, 0.4) is 0 Å². The Balaban J connectivity index is 2.14. The van der Waals surface area contributed by atoms with Gasteiger partial charge < -0.3 is 5.32 Å². The molecule has 0 fully saturated rings. The van der Waals surface area contributed by atoms with Gasteiger partial charge in [0.2, 0.25) is 0 Å². The van der Waals surface area contributed by atoms with E-state index in [9.17, 15) is 4.79 Å². The van der Waals surface area contributed by atoms with Gasteiger partial charge in [-0.2, -0.15) is 5.26 Å². The van der Waals surface area contributed by atoms with Crippen molar-refractivity contribution in [2.75, 3.05) is 5.32 Å². The summed E-state index contributed by atoms with van der Waals surface area (Å²) in [4.78, 5) is 15.7. The lowest BCUT2D eigenvalue weighted by Gasteiger charge is -2.04. The molecule has 1 N–H and O–H groups in total. The van der Waals surface area contributed by atoms with Gasteiger partial charge in [-0.15, -0.1) is 0 Å². The van der Waals surface area contributed by atoms with E-state index < -0.39 is 0 Å². The van der Waals surface area contributed by atoms with Crippen molar-refractivity contribution in [1.82, 2.24) is 4.98 Å². The summed E-state index contributed by atoms with van der Waals surface area (Å²) in [6, 6.07) is 11.6. The second-order valence-corrected chi connectivity index (χ2v) is 3.94. The van der Waals surface area contributed by atoms with Gasteiger partial charge in [0, 0.05) is 16.9 Å². The summed E-state index contributed by atoms with van der Waals surface area (Å²) in [6.45, 7) is 0. The first-order valence-corrected chi connectivity index (χ1v) is 5.50. The van der Waals surface area contributed by atoms with Crippen molar-refractivity contribution >= 4 is 23.2 Å². The molecule has 4 nitrogen and oxygen atoms in total. The molecule has 0 unspecified atom stereocenters. The highest BCUT2D eigenvalue weighted by Crippen LogP contribution is 2.12. The molecule has 2 aromatic rings. The van der Waals surface area contributed by atoms with Crippen molar-refractivity contribution in [1.29, 1.82) is 5.26 Å². The van der Waals surface area contributed by atoms with Crippen LogP contribution in [-0.4, -0.2) is 10.9 Å². The molecule has 1 aromatic heterocycles. The number of halogens is 1. The average Bonchev–Trinajstić information content (AvgIpc) is 2.39. The van der Waals surface area contributed by atoms with Gasteiger partial charge in [-0.3, -0.25) is 9.78 Å². The molecule has 1 aromatic carbocycles. The van der Waals surface area contributed by atoms with Gasteiger partial charge in [-0.05, 0) is 36.4 Å². The number of aromatic nitrogens is 1. The standard InChI is InChI=1S/C13H8ClN3O/c14-10-5-6-16-12(7-10)13(18)17-11-3-1-9(8-15)2-4-11/h1-7H,(H,17,18). The number of carbonyl (C=O) groups excluding carboxylic acids is 1. The Bertz CT molecular complexity index is 617. The molecule has 88 valence electrons. The van der Waals surface area contributed by atoms with Crippen LogP contribution in [-0.2, 0) is 0 Å². The third-order valence-electron chi connectivity index (χ3n) is 2.23. The number of hydrogen-bond acceptors (Lipinski definition) is 3. The predicted octanol–water partition coefficient (Wildman–Crippen LogP) is 2.86. The molecule has 0 atom stereocenters. The van der Waals surface area contributed by atoms with E-state index in [0.717, 1.165) is 0 Å². The second kappa shape index (κ2) is 5.30. The fourth-order valence-corrected chi connectivity index (χ4v) is 1.51. The van der Waals surface area contributed by atoms with Crippen LogP contribution >= 0.6 is 11.6 Å². The van der Waals surface area contributed by atoms with Crippen LogP contribution in [0.1, 0.15) is 16.1 Å². The Morgan fingerprint density at radius 1 is 1.28 bits per heavy atom. The van der Waals surface area contributed by atoms with E-state index in [0.29, 0.717) is 16.3 Å². The number of nitrogens with one attached hydrogen (secondary N) is 1. The number of rotatable bonds is 2. The fourth-order valence-electron chi connectivity index (χ4n) is 1.35. The van der Waals surface area contributed by atoms with Gasteiger partial charge in [0.25, 0.3) is 5.91 Å². The molecule has 0 saturated heterocycles. The van der Waals surface area contributed by atoms with Crippen LogP contribution in [0.5, 0.6) is 0 Å². The van der Waals surface area contributed by atoms with Crippen molar-refractivity contribution in [3.8, 4) is 6.07 Å². The Hall–Kier alpha value is -2.38. The minimum absolute atomic E-state index is 0.242. The Labute approximate surface area is 109 Å². The molecule has 0 spiro atoms. The third-order valence-corrected chi connectivity index (χ3v) is 2.46. The maximum absolute atomic E-state index is 11.8. The number of carbonyl (C=O) groups is 1. The zero-order chi connectivity index (χ0) is 13.0. The van der Waals surface area contributed by atoms with Crippen LogP contribution < -0.4 is 5.32 Å². The molecule has 0 aliphatic heterocycles. The first kappa shape index (κ1) is 12.1. The van der Waals surface area contributed by atoms with Crippen molar-refractivity contribution in [2.24, 2.45) is 0 Å². The highest BCUT2D eigenvalue weighted by atomic mass is 35.5. The van der Waals surface area contributed by atoms with Crippen LogP contribution in [0, 0.1) is 11.3 Å². The average molecular weight is 258 g/mol. The van der Waals surface area contributed by atoms with E-state index in [1.807, 2.05) is 6.07 Å². The van der Waals surface area contributed by atoms with E-state index in [4.69, 9.17) is 16.9 Å². The highest BCUT2D eigenvalue weighted by molar-refractivity contribution is 6.30. The summed E-state index contributed by atoms with van der Waals surface area (Å²) in [5, 5.41) is 11.8. The summed E-state index contributed by atoms with van der Waals surface area (Å²) in [5.74, 6) is -0.345. The fraction of sp³-hybridized carbons (Fsp3) is 0. The van der Waals surface area contributed by atoms with Crippen molar-refractivity contribution < 1.29 is 4.79 Å². The molecule has 0 saturated carbocycles. The normalized spacial score (nSPS) is 9.56. The summed E-state index contributed by atoms with van der Waals surface area (Å²) >= 11 is 5.78. The highest BCUT2D eigenvalue weighted by Gasteiger charge is 2.07. The van der Waals surface area contributed by atoms with Gasteiger partial charge in [0.1, 0.15) is 5.69 Å². The van der Waals surface area contributed by atoms with E-state index in [2.05, 4.69) is 10.3 Å². The molecule has 18 heavy (non-hydrogen) atoms. The molecule has 1 heterocycles. The number of nitriles is 1. The summed E-state index contributed by atoms with van der Waals surface area (Å²) in [5.41, 5.74) is 1.38. The second-order valence-electron chi connectivity index (χ2n) is 3.50. The lowest BCUT2D eigenvalue weighted by molar-refractivity contribution is 0.102. The maximum Gasteiger partial charge on any atom is 0.274 e. The van der Waals surface area contributed by atoms with E-state index >= 15 is 0 Å². The van der Waals surface area contributed by atoms with Crippen LogP contribution in [0.25, 0.3) is 0 Å². The molecule has 0 aliphatic carbocycles. The zero-order valence-corrected chi connectivity index (χ0v) is 9.98. The van der Waals surface area contributed by atoms with Crippen LogP contribution in [0.4, 0.5) is 5.69 Å². The number of benzene rings is 1. The number of amides is 1. The first-order chi connectivity index (χ1) is 8.69. The molecule has 0 bridgehead atoms. The van der Waals surface area contributed by atoms with E-state index in [1.54, 1.807) is 30.3 Å². The summed E-state index contributed by atoms with van der Waals surface area (Å²) < 4.78 is 0. The number of anilines is 1. The first-order valence-electron chi connectivity index (χ1n) is 5.12. The molecular weight excluding hydrogens is 250 g/mol. The largest absolute Gasteiger partial charge is 0.321 e. The van der Waals surface area contributed by atoms with E-state index in [-0.39, 0.29) is 11.6 Å². The van der Waals surface area contributed by atoms with Gasteiger partial charge in [0.15, 0.2) is 0 Å². The molecular formula is C13H8ClN3O. The number of nitrogens with zero attached hydrogens (tertiary/aromatic N) is 2. The quantitative estimate of drug-likeness (QED) is 0.900. The Morgan fingerprint density at radius 3 is 2.61 bits per heavy atom. The van der Waals surface area contributed by atoms with Gasteiger partial charge >= 0.3 is 0 Å². The Morgan fingerprint density at radius 2 is 2.00 bits per heavy atom. The van der Waals surface area contributed by atoms with Crippen molar-refractivity contribution in [3.05, 3.63) is 58.9 Å². The van der Waals surface area contributed by atoms with Gasteiger partial charge in [0.05, 0.1) is 11.6 Å². The smallest absolute Gasteiger partial charge is 0.274 e.